The van der Waals surface area contributed by atoms with Crippen molar-refractivity contribution in [1.29, 1.82) is 0 Å². The third-order valence-electron chi connectivity index (χ3n) is 6.84. The van der Waals surface area contributed by atoms with E-state index >= 15 is 0 Å². The molecule has 0 fully saturated rings. The highest BCUT2D eigenvalue weighted by Gasteiger charge is 2.09. The van der Waals surface area contributed by atoms with Crippen LogP contribution in [0, 0.1) is 11.8 Å². The number of hydrogen-bond donors (Lipinski definition) is 0. The van der Waals surface area contributed by atoms with Crippen LogP contribution in [0.4, 0.5) is 0 Å². The Labute approximate surface area is 254 Å². The van der Waals surface area contributed by atoms with Gasteiger partial charge in [-0.25, -0.2) is 0 Å². The molecule has 0 N–H and O–H groups in total. The maximum atomic E-state index is 9.41. The fraction of sp³-hybridized carbons (Fsp3) is 0.410. The Hall–Kier alpha value is -3.23. The zero-order chi connectivity index (χ0) is 32.5. The monoisotopic (exact) mass is 560 g/mol. The van der Waals surface area contributed by atoms with E-state index in [1.807, 2.05) is 6.08 Å². The molecule has 0 aromatic carbocycles. The Morgan fingerprint density at radius 1 is 0.780 bits per heavy atom. The maximum Gasteiger partial charge on any atom is 0.145 e. The van der Waals surface area contributed by atoms with Crippen LogP contribution in [0.3, 0.4) is 0 Å². The highest BCUT2D eigenvalue weighted by molar-refractivity contribution is 5.70. The van der Waals surface area contributed by atoms with E-state index in [-0.39, 0.29) is 0 Å². The number of ether oxygens (including phenoxy) is 1. The standard InChI is InChI=1S/C33H50O.C4H6O.C2H4/c1-13-24(4)16-17-26(6)27(7)18-19-28(8)29(9)22-32(15-3)31(11)30(10)23-33(20-21-34-12)25(5)14-2;1-4(2)3-5;1-2/h18-19,22-24,26H,5,7-11,13-17,20-21H2,1-4,6,12H3;3H,1H2,2H3;1-2H2/b19-18-,32-22-,33-23-;;. The predicted octanol–water partition coefficient (Wildman–Crippen LogP) is 11.6. The average molecular weight is 561 g/mol. The first-order valence-corrected chi connectivity index (χ1v) is 14.6. The molecule has 2 atom stereocenters. The Morgan fingerprint density at radius 2 is 1.32 bits per heavy atom. The molecule has 2 unspecified atom stereocenters. The highest BCUT2D eigenvalue weighted by atomic mass is 16.5. The van der Waals surface area contributed by atoms with Gasteiger partial charge in [0.1, 0.15) is 6.29 Å². The maximum absolute atomic E-state index is 9.41. The second-order valence-electron chi connectivity index (χ2n) is 10.3. The smallest absolute Gasteiger partial charge is 0.145 e. The van der Waals surface area contributed by atoms with Gasteiger partial charge in [-0.2, -0.15) is 0 Å². The van der Waals surface area contributed by atoms with Crippen LogP contribution in [0.5, 0.6) is 0 Å². The van der Waals surface area contributed by atoms with Crippen molar-refractivity contribution in [2.45, 2.75) is 80.1 Å². The van der Waals surface area contributed by atoms with Crippen LogP contribution in [0.2, 0.25) is 0 Å². The van der Waals surface area contributed by atoms with Crippen molar-refractivity contribution in [1.82, 2.24) is 0 Å². The van der Waals surface area contributed by atoms with Crippen LogP contribution in [0.15, 0.2) is 134 Å². The van der Waals surface area contributed by atoms with Gasteiger partial charge in [-0.05, 0) is 83.5 Å². The molecular formula is C39H60O2. The molecule has 0 aliphatic carbocycles. The van der Waals surface area contributed by atoms with Crippen molar-refractivity contribution >= 4 is 6.29 Å². The summed E-state index contributed by atoms with van der Waals surface area (Å²) in [6.45, 7) is 48.2. The Balaban J connectivity index is -0.00000184. The summed E-state index contributed by atoms with van der Waals surface area (Å²) >= 11 is 0. The van der Waals surface area contributed by atoms with E-state index in [1.165, 1.54) is 12.8 Å². The molecule has 0 saturated carbocycles. The molecule has 0 aromatic heterocycles. The molecule has 2 heteroatoms. The molecule has 41 heavy (non-hydrogen) atoms. The lowest BCUT2D eigenvalue weighted by Crippen LogP contribution is -2.01. The first kappa shape index (κ1) is 42.2. The number of methoxy groups -OCH3 is 1. The molecule has 0 aromatic rings. The Bertz CT molecular complexity index is 993. The fourth-order valence-corrected chi connectivity index (χ4v) is 3.40. The summed E-state index contributed by atoms with van der Waals surface area (Å²) in [5, 5.41) is 0. The van der Waals surface area contributed by atoms with Gasteiger partial charge in [0.05, 0.1) is 6.61 Å². The number of allylic oxidation sites excluding steroid dienone is 12. The average Bonchev–Trinajstić information content (AvgIpc) is 2.98. The Kier molecular flexibility index (Phi) is 26.5. The summed E-state index contributed by atoms with van der Waals surface area (Å²) in [4.78, 5) is 9.41. The third-order valence-corrected chi connectivity index (χ3v) is 6.84. The lowest BCUT2D eigenvalue weighted by molar-refractivity contribution is -0.104. The predicted molar refractivity (Wildman–Crippen MR) is 187 cm³/mol. The summed E-state index contributed by atoms with van der Waals surface area (Å²) in [6.07, 6.45) is 15.2. The molecule has 0 aliphatic rings. The van der Waals surface area contributed by atoms with E-state index in [2.05, 4.69) is 112 Å². The van der Waals surface area contributed by atoms with Crippen molar-refractivity contribution in [2.75, 3.05) is 13.7 Å². The first-order valence-electron chi connectivity index (χ1n) is 14.6. The second kappa shape index (κ2) is 25.7. The topological polar surface area (TPSA) is 26.3 Å². The molecule has 0 radical (unpaired) electrons. The van der Waals surface area contributed by atoms with Gasteiger partial charge in [0, 0.05) is 7.11 Å². The van der Waals surface area contributed by atoms with E-state index in [9.17, 15) is 4.79 Å². The SMILES string of the molecule is C=C.C=C(/C=C\C(=C)C(C)CCC(C)CC)C(=C)/C=C(/CC)C(=C)C(=C)/C=C(/CCOC)C(=C)CC.C=C(C)C=O. The molecule has 0 spiro atoms. The second-order valence-corrected chi connectivity index (χ2v) is 10.3. The van der Waals surface area contributed by atoms with Gasteiger partial charge in [-0.1, -0.05) is 129 Å². The van der Waals surface area contributed by atoms with E-state index in [4.69, 9.17) is 4.74 Å². The van der Waals surface area contributed by atoms with Crippen LogP contribution in [0.25, 0.3) is 0 Å². The summed E-state index contributed by atoms with van der Waals surface area (Å²) in [5.41, 5.74) is 8.67. The van der Waals surface area contributed by atoms with E-state index < -0.39 is 0 Å². The van der Waals surface area contributed by atoms with Crippen molar-refractivity contribution in [3.8, 4) is 0 Å². The number of hydrogen-bond acceptors (Lipinski definition) is 2. The van der Waals surface area contributed by atoms with Crippen molar-refractivity contribution in [3.05, 3.63) is 134 Å². The Morgan fingerprint density at radius 3 is 1.76 bits per heavy atom. The van der Waals surface area contributed by atoms with Crippen LogP contribution in [-0.4, -0.2) is 20.0 Å². The minimum atomic E-state index is 0.466. The summed E-state index contributed by atoms with van der Waals surface area (Å²) in [6, 6.07) is 0. The van der Waals surface area contributed by atoms with Crippen LogP contribution in [-0.2, 0) is 9.53 Å². The van der Waals surface area contributed by atoms with Crippen molar-refractivity contribution in [3.63, 3.8) is 0 Å². The zero-order valence-corrected chi connectivity index (χ0v) is 27.7. The lowest BCUT2D eigenvalue weighted by Gasteiger charge is -2.15. The van der Waals surface area contributed by atoms with E-state index in [0.29, 0.717) is 18.1 Å². The largest absolute Gasteiger partial charge is 0.384 e. The highest BCUT2D eigenvalue weighted by Crippen LogP contribution is 2.27. The number of carbonyl (C=O) groups is 1. The first-order chi connectivity index (χ1) is 19.3. The minimum absolute atomic E-state index is 0.466. The molecule has 0 amide bonds. The molecular weight excluding hydrogens is 500 g/mol. The van der Waals surface area contributed by atoms with Gasteiger partial charge in [-0.15, -0.1) is 13.2 Å². The third kappa shape index (κ3) is 20.3. The van der Waals surface area contributed by atoms with Crippen molar-refractivity contribution < 1.29 is 9.53 Å². The lowest BCUT2D eigenvalue weighted by atomic mass is 9.90. The van der Waals surface area contributed by atoms with Gasteiger partial charge in [0.25, 0.3) is 0 Å². The quantitative estimate of drug-likeness (QED) is 0.0679. The number of aldehydes is 1. The fourth-order valence-electron chi connectivity index (χ4n) is 3.40. The van der Waals surface area contributed by atoms with Crippen LogP contribution in [0.1, 0.15) is 80.1 Å². The molecule has 0 saturated heterocycles. The van der Waals surface area contributed by atoms with Crippen molar-refractivity contribution in [2.24, 2.45) is 11.8 Å². The van der Waals surface area contributed by atoms with Gasteiger partial charge >= 0.3 is 0 Å². The summed E-state index contributed by atoms with van der Waals surface area (Å²) in [7, 11) is 1.72. The summed E-state index contributed by atoms with van der Waals surface area (Å²) < 4.78 is 5.26. The molecule has 0 aliphatic heterocycles. The summed E-state index contributed by atoms with van der Waals surface area (Å²) in [5.74, 6) is 1.23. The normalized spacial score (nSPS) is 12.6. The molecule has 228 valence electrons. The number of rotatable bonds is 19. The zero-order valence-electron chi connectivity index (χ0n) is 27.7. The number of carbonyl (C=O) groups excluding carboxylic acids is 1. The van der Waals surface area contributed by atoms with Gasteiger partial charge in [0.2, 0.25) is 0 Å². The molecule has 0 bridgehead atoms. The van der Waals surface area contributed by atoms with Gasteiger partial charge in [0.15, 0.2) is 0 Å². The van der Waals surface area contributed by atoms with Gasteiger partial charge < -0.3 is 4.74 Å². The minimum Gasteiger partial charge on any atom is -0.384 e. The van der Waals surface area contributed by atoms with Crippen LogP contribution < -0.4 is 0 Å². The van der Waals surface area contributed by atoms with Crippen LogP contribution >= 0.6 is 0 Å². The molecule has 0 rings (SSSR count). The van der Waals surface area contributed by atoms with E-state index in [0.717, 1.165) is 82.5 Å². The van der Waals surface area contributed by atoms with E-state index in [1.54, 1.807) is 14.0 Å². The van der Waals surface area contributed by atoms with Gasteiger partial charge in [-0.3, -0.25) is 4.79 Å². The molecule has 2 nitrogen and oxygen atoms in total. The molecule has 0 heterocycles.